The van der Waals surface area contributed by atoms with Gasteiger partial charge in [0.05, 0.1) is 4.92 Å². The summed E-state index contributed by atoms with van der Waals surface area (Å²) in [5.41, 5.74) is -4.95. The van der Waals surface area contributed by atoms with E-state index in [4.69, 9.17) is 9.15 Å². The zero-order valence-electron chi connectivity index (χ0n) is 15.8. The van der Waals surface area contributed by atoms with Crippen molar-refractivity contribution in [2.24, 2.45) is 0 Å². The zero-order chi connectivity index (χ0) is 24.5. The van der Waals surface area contributed by atoms with Crippen molar-refractivity contribution in [3.63, 3.8) is 0 Å². The van der Waals surface area contributed by atoms with Gasteiger partial charge < -0.3 is 14.5 Å². The van der Waals surface area contributed by atoms with Crippen molar-refractivity contribution < 1.29 is 49.6 Å². The van der Waals surface area contributed by atoms with Crippen LogP contribution in [0.25, 0.3) is 0 Å². The van der Waals surface area contributed by atoms with Crippen LogP contribution in [0.15, 0.2) is 40.8 Å². The molecule has 0 saturated heterocycles. The number of nitro benzene ring substituents is 1. The summed E-state index contributed by atoms with van der Waals surface area (Å²) in [6, 6.07) is 7.40. The number of alkyl halides is 3. The predicted octanol–water partition coefficient (Wildman–Crippen LogP) is 5.59. The van der Waals surface area contributed by atoms with Gasteiger partial charge >= 0.3 is 11.9 Å². The third-order valence-corrected chi connectivity index (χ3v) is 4.10. The van der Waals surface area contributed by atoms with Gasteiger partial charge in [0, 0.05) is 6.07 Å². The molecule has 7 nitrogen and oxygen atoms in total. The average molecular weight is 478 g/mol. The van der Waals surface area contributed by atoms with Crippen molar-refractivity contribution in [1.29, 1.82) is 0 Å². The number of rotatable bonds is 6. The van der Waals surface area contributed by atoms with Gasteiger partial charge in [0.25, 0.3) is 5.91 Å². The summed E-state index contributed by atoms with van der Waals surface area (Å²) in [7, 11) is 0. The van der Waals surface area contributed by atoms with Crippen LogP contribution in [-0.2, 0) is 12.8 Å². The molecule has 0 aliphatic carbocycles. The number of ether oxygens (including phenoxy) is 1. The fraction of sp³-hybridized carbons (Fsp3) is 0.105. The Balaban J connectivity index is 1.79. The molecule has 0 bridgehead atoms. The first kappa shape index (κ1) is 23.6. The number of nitrogens with one attached hydrogen (secondary N) is 1. The number of benzene rings is 2. The molecule has 0 radical (unpaired) electrons. The number of carbonyl (C=O) groups excluding carboxylic acids is 1. The zero-order valence-corrected chi connectivity index (χ0v) is 15.8. The molecule has 0 unspecified atom stereocenters. The van der Waals surface area contributed by atoms with Crippen LogP contribution in [0.2, 0.25) is 0 Å². The average Bonchev–Trinajstić information content (AvgIpc) is 3.22. The minimum Gasteiger partial charge on any atom is -0.479 e. The van der Waals surface area contributed by atoms with E-state index in [9.17, 15) is 45.6 Å². The molecule has 174 valence electrons. The topological polar surface area (TPSA) is 94.6 Å². The Labute approximate surface area is 178 Å². The van der Waals surface area contributed by atoms with E-state index in [0.29, 0.717) is 0 Å². The van der Waals surface area contributed by atoms with Crippen molar-refractivity contribution >= 4 is 17.3 Å². The Hall–Kier alpha value is -4.10. The molecule has 3 aromatic rings. The Morgan fingerprint density at radius 1 is 1.00 bits per heavy atom. The van der Waals surface area contributed by atoms with Gasteiger partial charge in [-0.3, -0.25) is 14.9 Å². The summed E-state index contributed by atoms with van der Waals surface area (Å²) >= 11 is 0. The molecule has 1 N–H and O–H groups in total. The predicted molar refractivity (Wildman–Crippen MR) is 95.4 cm³/mol. The number of furan rings is 1. The summed E-state index contributed by atoms with van der Waals surface area (Å²) in [6.45, 7) is -0.426. The second kappa shape index (κ2) is 8.80. The molecule has 14 heteroatoms. The van der Waals surface area contributed by atoms with E-state index in [-0.39, 0.29) is 17.2 Å². The number of carbonyl (C=O) groups is 1. The SMILES string of the molecule is O=C(Nc1c(F)c(F)c(C(F)(F)F)c(F)c1F)c1ccc(COc2ccccc2[N+](=O)[O-])o1. The maximum Gasteiger partial charge on any atom is 0.422 e. The van der Waals surface area contributed by atoms with Crippen molar-refractivity contribution in [3.05, 3.63) is 86.9 Å². The largest absolute Gasteiger partial charge is 0.479 e. The third kappa shape index (κ3) is 4.73. The van der Waals surface area contributed by atoms with Gasteiger partial charge in [-0.2, -0.15) is 13.2 Å². The number of halogens is 7. The highest BCUT2D eigenvalue weighted by Crippen LogP contribution is 2.38. The number of hydrogen-bond donors (Lipinski definition) is 1. The van der Waals surface area contributed by atoms with Crippen molar-refractivity contribution in [3.8, 4) is 5.75 Å². The summed E-state index contributed by atoms with van der Waals surface area (Å²) in [5, 5.41) is 12.4. The maximum absolute atomic E-state index is 13.9. The van der Waals surface area contributed by atoms with Crippen LogP contribution in [0.5, 0.6) is 5.75 Å². The molecular weight excluding hydrogens is 469 g/mol. The van der Waals surface area contributed by atoms with E-state index in [1.165, 1.54) is 29.6 Å². The molecule has 3 rings (SSSR count). The van der Waals surface area contributed by atoms with Crippen LogP contribution in [0.3, 0.4) is 0 Å². The molecular formula is C19H9F7N2O5. The molecule has 0 atom stereocenters. The Bertz CT molecular complexity index is 1210. The van der Waals surface area contributed by atoms with Gasteiger partial charge in [0.15, 0.2) is 34.8 Å². The number of para-hydroxylation sites is 2. The van der Waals surface area contributed by atoms with Crippen molar-refractivity contribution in [1.82, 2.24) is 0 Å². The van der Waals surface area contributed by atoms with Crippen molar-refractivity contribution in [2.45, 2.75) is 12.8 Å². The third-order valence-electron chi connectivity index (χ3n) is 4.10. The Kier molecular flexibility index (Phi) is 6.28. The number of anilines is 1. The Morgan fingerprint density at radius 3 is 2.18 bits per heavy atom. The molecule has 0 fully saturated rings. The number of hydrogen-bond acceptors (Lipinski definition) is 5. The lowest BCUT2D eigenvalue weighted by Crippen LogP contribution is -2.20. The fourth-order valence-corrected chi connectivity index (χ4v) is 2.62. The molecule has 1 amide bonds. The highest BCUT2D eigenvalue weighted by molar-refractivity contribution is 6.02. The molecule has 0 spiro atoms. The van der Waals surface area contributed by atoms with Gasteiger partial charge in [-0.25, -0.2) is 17.6 Å². The lowest BCUT2D eigenvalue weighted by molar-refractivity contribution is -0.386. The summed E-state index contributed by atoms with van der Waals surface area (Å²) in [5.74, 6) is -12.8. The smallest absolute Gasteiger partial charge is 0.422 e. The molecule has 2 aromatic carbocycles. The lowest BCUT2D eigenvalue weighted by Gasteiger charge is -2.14. The standard InChI is InChI=1S/C19H9F7N2O5/c20-13-12(19(24,25)26)14(21)16(23)17(15(13)22)27-18(29)11-6-5-8(33-11)7-32-10-4-2-1-3-9(10)28(30)31/h1-6H,7H2,(H,27,29). The molecule has 1 aromatic heterocycles. The Morgan fingerprint density at radius 2 is 1.61 bits per heavy atom. The molecule has 33 heavy (non-hydrogen) atoms. The van der Waals surface area contributed by atoms with Gasteiger partial charge in [0.2, 0.25) is 0 Å². The second-order valence-electron chi connectivity index (χ2n) is 6.24. The number of nitrogens with zero attached hydrogens (tertiary/aromatic N) is 1. The van der Waals surface area contributed by atoms with E-state index >= 15 is 0 Å². The summed E-state index contributed by atoms with van der Waals surface area (Å²) in [6.07, 6.45) is -5.73. The molecule has 0 saturated carbocycles. The summed E-state index contributed by atoms with van der Waals surface area (Å²) in [4.78, 5) is 22.4. The van der Waals surface area contributed by atoms with Crippen molar-refractivity contribution in [2.75, 3.05) is 5.32 Å². The summed E-state index contributed by atoms with van der Waals surface area (Å²) < 4.78 is 103. The van der Waals surface area contributed by atoms with Gasteiger partial charge in [0.1, 0.15) is 23.6 Å². The van der Waals surface area contributed by atoms with Gasteiger partial charge in [-0.1, -0.05) is 12.1 Å². The first-order valence-corrected chi connectivity index (χ1v) is 8.61. The van der Waals surface area contributed by atoms with Crippen LogP contribution in [0, 0.1) is 33.4 Å². The highest BCUT2D eigenvalue weighted by Gasteiger charge is 2.42. The minimum atomic E-state index is -5.73. The van der Waals surface area contributed by atoms with E-state index in [0.717, 1.165) is 12.1 Å². The van der Waals surface area contributed by atoms with Crippen LogP contribution in [-0.4, -0.2) is 10.8 Å². The molecule has 0 aliphatic rings. The van der Waals surface area contributed by atoms with Crippen LogP contribution >= 0.6 is 0 Å². The van der Waals surface area contributed by atoms with Crippen LogP contribution in [0.1, 0.15) is 21.9 Å². The normalized spacial score (nSPS) is 11.4. The highest BCUT2D eigenvalue weighted by atomic mass is 19.4. The number of nitro groups is 1. The molecule has 1 heterocycles. The van der Waals surface area contributed by atoms with Crippen LogP contribution < -0.4 is 10.1 Å². The number of amides is 1. The second-order valence-corrected chi connectivity index (χ2v) is 6.24. The van der Waals surface area contributed by atoms with Gasteiger partial charge in [-0.15, -0.1) is 0 Å². The quantitative estimate of drug-likeness (QED) is 0.216. The first-order chi connectivity index (χ1) is 15.4. The van der Waals surface area contributed by atoms with Crippen LogP contribution in [0.4, 0.5) is 42.1 Å². The monoisotopic (exact) mass is 478 g/mol. The van der Waals surface area contributed by atoms with Gasteiger partial charge in [-0.05, 0) is 18.2 Å². The molecule has 0 aliphatic heterocycles. The van der Waals surface area contributed by atoms with E-state index < -0.39 is 63.9 Å². The first-order valence-electron chi connectivity index (χ1n) is 8.61. The lowest BCUT2D eigenvalue weighted by atomic mass is 10.1. The van der Waals surface area contributed by atoms with E-state index in [2.05, 4.69) is 0 Å². The fourth-order valence-electron chi connectivity index (χ4n) is 2.62. The van der Waals surface area contributed by atoms with E-state index in [1.807, 2.05) is 0 Å². The van der Waals surface area contributed by atoms with E-state index in [1.54, 1.807) is 0 Å². The maximum atomic E-state index is 13.9. The minimum absolute atomic E-state index is 0.0935.